The number of rotatable bonds is 2. The molecule has 0 spiro atoms. The molecular weight excluding hydrogens is 290 g/mol. The topological polar surface area (TPSA) is 71.5 Å². The molecule has 6 nitrogen and oxygen atoms in total. The van der Waals surface area contributed by atoms with E-state index in [0.29, 0.717) is 24.6 Å². The van der Waals surface area contributed by atoms with Gasteiger partial charge in [-0.15, -0.1) is 0 Å². The first-order chi connectivity index (χ1) is 9.78. The van der Waals surface area contributed by atoms with Gasteiger partial charge in [-0.1, -0.05) is 32.1 Å². The molecule has 0 bridgehead atoms. The van der Waals surface area contributed by atoms with Crippen molar-refractivity contribution in [3.8, 4) is 0 Å². The Morgan fingerprint density at radius 2 is 2.14 bits per heavy atom. The van der Waals surface area contributed by atoms with Gasteiger partial charge in [0.15, 0.2) is 5.13 Å². The Morgan fingerprint density at radius 1 is 1.43 bits per heavy atom. The number of amides is 2. The summed E-state index contributed by atoms with van der Waals surface area (Å²) in [5.74, 6) is 0.170. The van der Waals surface area contributed by atoms with Crippen LogP contribution in [0.5, 0.6) is 0 Å². The van der Waals surface area contributed by atoms with Crippen LogP contribution in [0.3, 0.4) is 0 Å². The summed E-state index contributed by atoms with van der Waals surface area (Å²) < 4.78 is 4.55. The maximum atomic E-state index is 12.3. The van der Waals surface area contributed by atoms with Crippen LogP contribution in [0.15, 0.2) is 0 Å². The highest BCUT2D eigenvalue weighted by molar-refractivity contribution is 7.15. The third kappa shape index (κ3) is 4.17. The summed E-state index contributed by atoms with van der Waals surface area (Å²) in [4.78, 5) is 30.7. The second-order valence-electron chi connectivity index (χ2n) is 6.31. The summed E-state index contributed by atoms with van der Waals surface area (Å²) in [7, 11) is 1.32. The summed E-state index contributed by atoms with van der Waals surface area (Å²) in [6.07, 6.45) is 0.737. The van der Waals surface area contributed by atoms with E-state index >= 15 is 0 Å². The molecule has 0 saturated heterocycles. The minimum absolute atomic E-state index is 0.0112. The van der Waals surface area contributed by atoms with Gasteiger partial charge in [0.05, 0.1) is 19.3 Å². The minimum Gasteiger partial charge on any atom is -0.453 e. The van der Waals surface area contributed by atoms with E-state index in [1.807, 2.05) is 4.90 Å². The average Bonchev–Trinajstić information content (AvgIpc) is 2.77. The van der Waals surface area contributed by atoms with E-state index in [1.165, 1.54) is 18.4 Å². The van der Waals surface area contributed by atoms with Crippen LogP contribution in [0.1, 0.15) is 37.8 Å². The van der Waals surface area contributed by atoms with Crippen LogP contribution in [0, 0.1) is 5.41 Å². The SMILES string of the molecule is COC(=O)Nc1nc2c(s1)CN(C(=O)CC(C)(C)C)CC2. The van der Waals surface area contributed by atoms with Crippen LogP contribution in [0.4, 0.5) is 9.93 Å². The zero-order valence-electron chi connectivity index (χ0n) is 12.9. The van der Waals surface area contributed by atoms with Gasteiger partial charge in [0.1, 0.15) is 0 Å². The van der Waals surface area contributed by atoms with Crippen LogP contribution in [-0.4, -0.2) is 35.5 Å². The van der Waals surface area contributed by atoms with E-state index < -0.39 is 6.09 Å². The van der Waals surface area contributed by atoms with Crippen molar-refractivity contribution in [1.82, 2.24) is 9.88 Å². The van der Waals surface area contributed by atoms with Crippen molar-refractivity contribution in [2.75, 3.05) is 19.0 Å². The first kappa shape index (κ1) is 15.8. The van der Waals surface area contributed by atoms with E-state index in [1.54, 1.807) is 0 Å². The van der Waals surface area contributed by atoms with Crippen LogP contribution in [0.25, 0.3) is 0 Å². The van der Waals surface area contributed by atoms with Gasteiger partial charge in [-0.3, -0.25) is 10.1 Å². The molecule has 1 aromatic heterocycles. The molecule has 21 heavy (non-hydrogen) atoms. The van der Waals surface area contributed by atoms with Gasteiger partial charge in [-0.2, -0.15) is 0 Å². The molecule has 1 N–H and O–H groups in total. The fraction of sp³-hybridized carbons (Fsp3) is 0.643. The lowest BCUT2D eigenvalue weighted by molar-refractivity contribution is -0.133. The Labute approximate surface area is 128 Å². The van der Waals surface area contributed by atoms with Crippen molar-refractivity contribution >= 4 is 28.5 Å². The van der Waals surface area contributed by atoms with Gasteiger partial charge in [0, 0.05) is 24.3 Å². The van der Waals surface area contributed by atoms with Crippen LogP contribution in [0.2, 0.25) is 0 Å². The molecule has 0 saturated carbocycles. The summed E-state index contributed by atoms with van der Waals surface area (Å²) in [5.41, 5.74) is 0.953. The predicted molar refractivity (Wildman–Crippen MR) is 81.3 cm³/mol. The molecule has 1 aliphatic heterocycles. The van der Waals surface area contributed by atoms with Gasteiger partial charge in [0.2, 0.25) is 5.91 Å². The highest BCUT2D eigenvalue weighted by atomic mass is 32.1. The molecule has 2 heterocycles. The van der Waals surface area contributed by atoms with E-state index in [9.17, 15) is 9.59 Å². The minimum atomic E-state index is -0.526. The molecule has 0 aliphatic carbocycles. The number of aromatic nitrogens is 1. The molecule has 1 aliphatic rings. The highest BCUT2D eigenvalue weighted by Gasteiger charge is 2.27. The molecular formula is C14H21N3O3S. The molecule has 1 aromatic rings. The second kappa shape index (κ2) is 6.01. The average molecular weight is 311 g/mol. The lowest BCUT2D eigenvalue weighted by Gasteiger charge is -2.29. The van der Waals surface area contributed by atoms with Gasteiger partial charge >= 0.3 is 6.09 Å². The molecule has 0 atom stereocenters. The normalized spacial score (nSPS) is 14.6. The zero-order chi connectivity index (χ0) is 15.6. The number of methoxy groups -OCH3 is 1. The number of ether oxygens (including phenoxy) is 1. The molecule has 116 valence electrons. The lowest BCUT2D eigenvalue weighted by Crippen LogP contribution is -2.37. The second-order valence-corrected chi connectivity index (χ2v) is 7.39. The van der Waals surface area contributed by atoms with E-state index in [2.05, 4.69) is 35.8 Å². The number of hydrogen-bond donors (Lipinski definition) is 1. The molecule has 0 unspecified atom stereocenters. The maximum Gasteiger partial charge on any atom is 0.413 e. The number of fused-ring (bicyclic) bond motifs is 1. The molecule has 0 aromatic carbocycles. The molecule has 7 heteroatoms. The zero-order valence-corrected chi connectivity index (χ0v) is 13.7. The van der Waals surface area contributed by atoms with Crippen molar-refractivity contribution in [1.29, 1.82) is 0 Å². The summed E-state index contributed by atoms with van der Waals surface area (Å²) >= 11 is 1.40. The van der Waals surface area contributed by atoms with Crippen LogP contribution < -0.4 is 5.32 Å². The van der Waals surface area contributed by atoms with Crippen molar-refractivity contribution < 1.29 is 14.3 Å². The van der Waals surface area contributed by atoms with Crippen LogP contribution in [-0.2, 0) is 22.5 Å². The maximum absolute atomic E-state index is 12.3. The molecule has 2 rings (SSSR count). The largest absolute Gasteiger partial charge is 0.453 e. The number of anilines is 1. The van der Waals surface area contributed by atoms with Crippen molar-refractivity contribution in [3.05, 3.63) is 10.6 Å². The standard InChI is InChI=1S/C14H21N3O3S/c1-14(2,3)7-11(18)17-6-5-9-10(8-17)21-12(15-9)16-13(19)20-4/h5-8H2,1-4H3,(H,15,16,19). The third-order valence-electron chi connectivity index (χ3n) is 3.16. The Morgan fingerprint density at radius 3 is 2.76 bits per heavy atom. The number of hydrogen-bond acceptors (Lipinski definition) is 5. The van der Waals surface area contributed by atoms with Crippen LogP contribution >= 0.6 is 11.3 Å². The number of nitrogens with zero attached hydrogens (tertiary/aromatic N) is 2. The first-order valence-electron chi connectivity index (χ1n) is 6.90. The van der Waals surface area contributed by atoms with Gasteiger partial charge in [-0.05, 0) is 5.41 Å². The predicted octanol–water partition coefficient (Wildman–Crippen LogP) is 2.64. The Kier molecular flexibility index (Phi) is 4.51. The van der Waals surface area contributed by atoms with Gasteiger partial charge < -0.3 is 9.64 Å². The number of carbonyl (C=O) groups is 2. The molecule has 0 fully saturated rings. The van der Waals surface area contributed by atoms with Crippen molar-refractivity contribution in [3.63, 3.8) is 0 Å². The molecule has 2 amide bonds. The summed E-state index contributed by atoms with van der Waals surface area (Å²) in [6.45, 7) is 7.44. The van der Waals surface area contributed by atoms with E-state index in [4.69, 9.17) is 0 Å². The fourth-order valence-corrected chi connectivity index (χ4v) is 3.18. The van der Waals surface area contributed by atoms with Gasteiger partial charge in [-0.25, -0.2) is 9.78 Å². The van der Waals surface area contributed by atoms with E-state index in [-0.39, 0.29) is 11.3 Å². The Hall–Kier alpha value is -1.63. The van der Waals surface area contributed by atoms with Crippen molar-refractivity contribution in [2.45, 2.75) is 40.2 Å². The number of thiazole rings is 1. The third-order valence-corrected chi connectivity index (χ3v) is 4.16. The first-order valence-corrected chi connectivity index (χ1v) is 7.71. The monoisotopic (exact) mass is 311 g/mol. The summed E-state index contributed by atoms with van der Waals surface area (Å²) in [6, 6.07) is 0. The Balaban J connectivity index is 2.03. The fourth-order valence-electron chi connectivity index (χ4n) is 2.17. The molecule has 0 radical (unpaired) electrons. The Bertz CT molecular complexity index is 548. The van der Waals surface area contributed by atoms with Crippen molar-refractivity contribution in [2.24, 2.45) is 5.41 Å². The number of nitrogens with one attached hydrogen (secondary N) is 1. The van der Waals surface area contributed by atoms with Gasteiger partial charge in [0.25, 0.3) is 0 Å². The number of carbonyl (C=O) groups excluding carboxylic acids is 2. The highest BCUT2D eigenvalue weighted by Crippen LogP contribution is 2.29. The summed E-state index contributed by atoms with van der Waals surface area (Å²) in [5, 5.41) is 3.10. The van der Waals surface area contributed by atoms with E-state index in [0.717, 1.165) is 17.0 Å². The smallest absolute Gasteiger partial charge is 0.413 e. The quantitative estimate of drug-likeness (QED) is 0.911. The lowest BCUT2D eigenvalue weighted by atomic mass is 9.91.